The van der Waals surface area contributed by atoms with Crippen LogP contribution < -0.4 is 5.32 Å². The van der Waals surface area contributed by atoms with Gasteiger partial charge >= 0.3 is 0 Å². The fourth-order valence-corrected chi connectivity index (χ4v) is 2.79. The fraction of sp³-hybridized carbons (Fsp3) is 0.533. The van der Waals surface area contributed by atoms with Crippen molar-refractivity contribution in [1.82, 2.24) is 4.90 Å². The van der Waals surface area contributed by atoms with E-state index < -0.39 is 0 Å². The van der Waals surface area contributed by atoms with Gasteiger partial charge in [-0.05, 0) is 44.5 Å². The molecule has 1 aromatic rings. The number of nitrogens with zero attached hydrogens (tertiary/aromatic N) is 1. The van der Waals surface area contributed by atoms with Crippen LogP contribution in [0.2, 0.25) is 0 Å². The number of amides is 1. The van der Waals surface area contributed by atoms with Crippen molar-refractivity contribution in [1.29, 1.82) is 0 Å². The van der Waals surface area contributed by atoms with Gasteiger partial charge in [0.2, 0.25) is 5.91 Å². The fourth-order valence-electron chi connectivity index (χ4n) is 2.54. The number of aryl methyl sites for hydroxylation is 1. The van der Waals surface area contributed by atoms with E-state index in [0.29, 0.717) is 6.54 Å². The number of anilines is 1. The average Bonchev–Trinajstić information content (AvgIpc) is 2.32. The maximum Gasteiger partial charge on any atom is 0.238 e. The molecule has 20 heavy (non-hydrogen) atoms. The molecule has 4 nitrogen and oxygen atoms in total. The largest absolute Gasteiger partial charge is 0.373 e. The zero-order chi connectivity index (χ0) is 14.7. The summed E-state index contributed by atoms with van der Waals surface area (Å²) in [6.07, 6.45) is 0.364. The highest BCUT2D eigenvalue weighted by Crippen LogP contribution is 2.20. The van der Waals surface area contributed by atoms with E-state index >= 15 is 0 Å². The lowest BCUT2D eigenvalue weighted by Gasteiger charge is -2.34. The highest BCUT2D eigenvalue weighted by molar-refractivity contribution is 9.10. The molecule has 0 aliphatic carbocycles. The minimum Gasteiger partial charge on any atom is -0.373 e. The van der Waals surface area contributed by atoms with Crippen LogP contribution in [-0.2, 0) is 9.53 Å². The van der Waals surface area contributed by atoms with Crippen LogP contribution >= 0.6 is 15.9 Å². The predicted molar refractivity (Wildman–Crippen MR) is 84.0 cm³/mol. The lowest BCUT2D eigenvalue weighted by atomic mass is 10.2. The zero-order valence-electron chi connectivity index (χ0n) is 12.1. The van der Waals surface area contributed by atoms with E-state index in [1.165, 1.54) is 0 Å². The maximum absolute atomic E-state index is 12.1. The minimum atomic E-state index is 0.0213. The number of nitrogens with one attached hydrogen (secondary N) is 1. The number of carbonyl (C=O) groups excluding carboxylic acids is 1. The van der Waals surface area contributed by atoms with E-state index in [1.807, 2.05) is 39.0 Å². The Kier molecular flexibility index (Phi) is 5.18. The summed E-state index contributed by atoms with van der Waals surface area (Å²) in [6.45, 7) is 8.10. The summed E-state index contributed by atoms with van der Waals surface area (Å²) in [6, 6.07) is 5.82. The Morgan fingerprint density at radius 2 is 2.05 bits per heavy atom. The molecule has 1 aromatic carbocycles. The molecule has 0 unspecified atom stereocenters. The molecular weight excluding hydrogens is 320 g/mol. The van der Waals surface area contributed by atoms with Gasteiger partial charge in [-0.25, -0.2) is 0 Å². The molecule has 2 rings (SSSR count). The topological polar surface area (TPSA) is 41.6 Å². The van der Waals surface area contributed by atoms with Crippen LogP contribution in [0.4, 0.5) is 5.69 Å². The van der Waals surface area contributed by atoms with Gasteiger partial charge in [0.25, 0.3) is 0 Å². The van der Waals surface area contributed by atoms with E-state index in [9.17, 15) is 4.79 Å². The highest BCUT2D eigenvalue weighted by Gasteiger charge is 2.23. The van der Waals surface area contributed by atoms with E-state index in [0.717, 1.165) is 28.8 Å². The Morgan fingerprint density at radius 1 is 1.40 bits per heavy atom. The number of ether oxygens (including phenoxy) is 1. The highest BCUT2D eigenvalue weighted by atomic mass is 79.9. The number of hydrogen-bond donors (Lipinski definition) is 1. The van der Waals surface area contributed by atoms with Gasteiger partial charge in [0.1, 0.15) is 0 Å². The molecule has 2 atom stereocenters. The van der Waals surface area contributed by atoms with Crippen molar-refractivity contribution in [3.05, 3.63) is 28.2 Å². The van der Waals surface area contributed by atoms with Crippen molar-refractivity contribution < 1.29 is 9.53 Å². The molecule has 1 aliphatic rings. The van der Waals surface area contributed by atoms with Crippen molar-refractivity contribution in [3.8, 4) is 0 Å². The van der Waals surface area contributed by atoms with Crippen molar-refractivity contribution >= 4 is 27.5 Å². The van der Waals surface area contributed by atoms with E-state index in [2.05, 4.69) is 26.1 Å². The van der Waals surface area contributed by atoms with Crippen LogP contribution in [0, 0.1) is 6.92 Å². The smallest absolute Gasteiger partial charge is 0.238 e. The van der Waals surface area contributed by atoms with Crippen molar-refractivity contribution in [2.75, 3.05) is 25.0 Å². The van der Waals surface area contributed by atoms with Crippen LogP contribution in [0.1, 0.15) is 19.4 Å². The third kappa shape index (κ3) is 4.30. The van der Waals surface area contributed by atoms with Crippen LogP contribution in [0.3, 0.4) is 0 Å². The number of halogens is 1. The molecule has 0 aromatic heterocycles. The molecule has 1 heterocycles. The lowest BCUT2D eigenvalue weighted by Crippen LogP contribution is -2.48. The molecule has 1 saturated heterocycles. The molecule has 0 spiro atoms. The van der Waals surface area contributed by atoms with Gasteiger partial charge in [-0.3, -0.25) is 9.69 Å². The third-order valence-electron chi connectivity index (χ3n) is 3.30. The first-order valence-electron chi connectivity index (χ1n) is 6.88. The van der Waals surface area contributed by atoms with Crippen LogP contribution in [0.25, 0.3) is 0 Å². The number of rotatable bonds is 3. The number of carbonyl (C=O) groups is 1. The predicted octanol–water partition coefficient (Wildman–Crippen LogP) is 2.81. The van der Waals surface area contributed by atoms with E-state index in [-0.39, 0.29) is 18.1 Å². The third-order valence-corrected chi connectivity index (χ3v) is 4.19. The van der Waals surface area contributed by atoms with Crippen LogP contribution in [-0.4, -0.2) is 42.6 Å². The number of benzene rings is 1. The molecule has 0 bridgehead atoms. The first kappa shape index (κ1) is 15.5. The summed E-state index contributed by atoms with van der Waals surface area (Å²) >= 11 is 3.45. The summed E-state index contributed by atoms with van der Waals surface area (Å²) in [5.74, 6) is 0.0213. The molecule has 1 N–H and O–H groups in total. The zero-order valence-corrected chi connectivity index (χ0v) is 13.7. The second-order valence-corrected chi connectivity index (χ2v) is 6.32. The molecule has 5 heteroatoms. The van der Waals surface area contributed by atoms with Gasteiger partial charge in [0.05, 0.1) is 18.8 Å². The normalized spacial score (nSPS) is 23.6. The Hall–Kier alpha value is -0.910. The van der Waals surface area contributed by atoms with Gasteiger partial charge in [-0.1, -0.05) is 15.9 Å². The quantitative estimate of drug-likeness (QED) is 0.919. The molecule has 0 radical (unpaired) electrons. The van der Waals surface area contributed by atoms with Crippen LogP contribution in [0.15, 0.2) is 22.7 Å². The molecular formula is C15H21BrN2O2. The average molecular weight is 341 g/mol. The summed E-state index contributed by atoms with van der Waals surface area (Å²) < 4.78 is 6.71. The Labute approximate surface area is 128 Å². The minimum absolute atomic E-state index is 0.0213. The standard InChI is InChI=1S/C15H21BrN2O2/c1-10-6-13(4-5-14(10)16)17-15(19)9-18-7-11(2)20-12(3)8-18/h4-6,11-12H,7-9H2,1-3H3,(H,17,19)/t11-,12-/m0/s1. The summed E-state index contributed by atoms with van der Waals surface area (Å²) in [5, 5.41) is 2.94. The molecule has 1 amide bonds. The van der Waals surface area contributed by atoms with Gasteiger partial charge in [-0.2, -0.15) is 0 Å². The molecule has 110 valence electrons. The number of morpholine rings is 1. The summed E-state index contributed by atoms with van der Waals surface area (Å²) in [5.41, 5.74) is 1.95. The van der Waals surface area contributed by atoms with Crippen molar-refractivity contribution in [2.24, 2.45) is 0 Å². The monoisotopic (exact) mass is 340 g/mol. The number of hydrogen-bond acceptors (Lipinski definition) is 3. The SMILES string of the molecule is Cc1cc(NC(=O)CN2C[C@H](C)O[C@@H](C)C2)ccc1Br. The Bertz CT molecular complexity index is 483. The van der Waals surface area contributed by atoms with Gasteiger partial charge in [-0.15, -0.1) is 0 Å². The second-order valence-electron chi connectivity index (χ2n) is 5.46. The first-order chi connectivity index (χ1) is 9.44. The molecule has 0 saturated carbocycles. The molecule has 1 aliphatic heterocycles. The second kappa shape index (κ2) is 6.70. The Balaban J connectivity index is 1.90. The Morgan fingerprint density at radius 3 is 2.65 bits per heavy atom. The van der Waals surface area contributed by atoms with Gasteiger partial charge < -0.3 is 10.1 Å². The van der Waals surface area contributed by atoms with Crippen LogP contribution in [0.5, 0.6) is 0 Å². The van der Waals surface area contributed by atoms with Crippen molar-refractivity contribution in [3.63, 3.8) is 0 Å². The van der Waals surface area contributed by atoms with Gasteiger partial charge in [0.15, 0.2) is 0 Å². The van der Waals surface area contributed by atoms with Gasteiger partial charge in [0, 0.05) is 23.2 Å². The van der Waals surface area contributed by atoms with E-state index in [4.69, 9.17) is 4.74 Å². The lowest BCUT2D eigenvalue weighted by molar-refractivity contribution is -0.121. The maximum atomic E-state index is 12.1. The summed E-state index contributed by atoms with van der Waals surface area (Å²) in [4.78, 5) is 14.2. The van der Waals surface area contributed by atoms with E-state index in [1.54, 1.807) is 0 Å². The van der Waals surface area contributed by atoms with Crippen molar-refractivity contribution in [2.45, 2.75) is 33.0 Å². The summed E-state index contributed by atoms with van der Waals surface area (Å²) in [7, 11) is 0. The molecule has 1 fully saturated rings. The first-order valence-corrected chi connectivity index (χ1v) is 7.67.